The van der Waals surface area contributed by atoms with Gasteiger partial charge in [0.2, 0.25) is 5.91 Å². The molecular formula is C19H17ClF3N5O. The zero-order valence-electron chi connectivity index (χ0n) is 15.4. The van der Waals surface area contributed by atoms with E-state index in [1.165, 1.54) is 11.5 Å². The Labute approximate surface area is 169 Å². The average molecular weight is 424 g/mol. The zero-order valence-corrected chi connectivity index (χ0v) is 16.2. The highest BCUT2D eigenvalue weighted by molar-refractivity contribution is 6.30. The van der Waals surface area contributed by atoms with E-state index in [1.807, 2.05) is 12.1 Å². The van der Waals surface area contributed by atoms with Crippen molar-refractivity contribution in [3.8, 4) is 5.69 Å². The molecule has 4 rings (SSSR count). The van der Waals surface area contributed by atoms with E-state index in [-0.39, 0.29) is 18.3 Å². The van der Waals surface area contributed by atoms with Gasteiger partial charge in [-0.2, -0.15) is 18.3 Å². The summed E-state index contributed by atoms with van der Waals surface area (Å²) in [6, 6.07) is 7.20. The van der Waals surface area contributed by atoms with Crippen LogP contribution in [-0.4, -0.2) is 31.8 Å². The Morgan fingerprint density at radius 3 is 2.62 bits per heavy atom. The van der Waals surface area contributed by atoms with Crippen molar-refractivity contribution in [2.75, 3.05) is 11.4 Å². The first-order valence-corrected chi connectivity index (χ1v) is 9.36. The van der Waals surface area contributed by atoms with Crippen molar-refractivity contribution in [2.24, 2.45) is 0 Å². The lowest BCUT2D eigenvalue weighted by Crippen LogP contribution is -2.37. The van der Waals surface area contributed by atoms with Gasteiger partial charge in [0, 0.05) is 17.8 Å². The van der Waals surface area contributed by atoms with Gasteiger partial charge in [-0.1, -0.05) is 11.6 Å². The molecular weight excluding hydrogens is 407 g/mol. The summed E-state index contributed by atoms with van der Waals surface area (Å²) in [5.41, 5.74) is 1.37. The van der Waals surface area contributed by atoms with Crippen LogP contribution in [0.2, 0.25) is 5.02 Å². The molecule has 6 nitrogen and oxygen atoms in total. The SMILES string of the molecule is Cc1nc(C(F)(F)F)cn1CC(=O)N1CCCc2c1cnn2-c1ccc(Cl)cc1. The number of aromatic nitrogens is 4. The van der Waals surface area contributed by atoms with Crippen LogP contribution in [-0.2, 0) is 23.9 Å². The lowest BCUT2D eigenvalue weighted by molar-refractivity contribution is -0.141. The highest BCUT2D eigenvalue weighted by atomic mass is 35.5. The quantitative estimate of drug-likeness (QED) is 0.639. The van der Waals surface area contributed by atoms with E-state index >= 15 is 0 Å². The van der Waals surface area contributed by atoms with E-state index in [0.717, 1.165) is 30.4 Å². The van der Waals surface area contributed by atoms with Gasteiger partial charge in [-0.15, -0.1) is 0 Å². The number of halogens is 4. The molecule has 0 aliphatic carbocycles. The van der Waals surface area contributed by atoms with Gasteiger partial charge in [-0.3, -0.25) is 4.79 Å². The van der Waals surface area contributed by atoms with E-state index in [0.29, 0.717) is 17.3 Å². The van der Waals surface area contributed by atoms with Crippen molar-refractivity contribution >= 4 is 23.2 Å². The second-order valence-electron chi connectivity index (χ2n) is 6.81. The third-order valence-electron chi connectivity index (χ3n) is 4.88. The number of alkyl halides is 3. The number of amides is 1. The number of imidazole rings is 1. The van der Waals surface area contributed by atoms with Gasteiger partial charge < -0.3 is 9.47 Å². The van der Waals surface area contributed by atoms with Crippen molar-refractivity contribution in [3.63, 3.8) is 0 Å². The average Bonchev–Trinajstić information content (AvgIpc) is 3.26. The van der Waals surface area contributed by atoms with E-state index in [1.54, 1.807) is 27.9 Å². The minimum absolute atomic E-state index is 0.139. The number of nitrogens with zero attached hydrogens (tertiary/aromatic N) is 5. The Bertz CT molecular complexity index is 1050. The van der Waals surface area contributed by atoms with Gasteiger partial charge in [0.1, 0.15) is 12.4 Å². The summed E-state index contributed by atoms with van der Waals surface area (Å²) in [7, 11) is 0. The summed E-state index contributed by atoms with van der Waals surface area (Å²) in [6.07, 6.45) is -0.589. The summed E-state index contributed by atoms with van der Waals surface area (Å²) >= 11 is 5.94. The highest BCUT2D eigenvalue weighted by Gasteiger charge is 2.35. The molecule has 152 valence electrons. The lowest BCUT2D eigenvalue weighted by atomic mass is 10.1. The highest BCUT2D eigenvalue weighted by Crippen LogP contribution is 2.31. The van der Waals surface area contributed by atoms with Gasteiger partial charge in [-0.25, -0.2) is 9.67 Å². The molecule has 0 spiro atoms. The first kappa shape index (κ1) is 19.5. The minimum Gasteiger partial charge on any atom is -0.325 e. The van der Waals surface area contributed by atoms with Gasteiger partial charge >= 0.3 is 6.18 Å². The standard InChI is InChI=1S/C19H17ClF3N5O/c1-12-25-17(19(21,22)23)10-26(12)11-18(29)27-8-2-3-15-16(27)9-24-28(15)14-6-4-13(20)5-7-14/h4-7,9-10H,2-3,8,11H2,1H3. The van der Waals surface area contributed by atoms with Crippen molar-refractivity contribution in [1.29, 1.82) is 0 Å². The van der Waals surface area contributed by atoms with Crippen molar-refractivity contribution < 1.29 is 18.0 Å². The summed E-state index contributed by atoms with van der Waals surface area (Å²) in [6.45, 7) is 1.71. The number of rotatable bonds is 3. The van der Waals surface area contributed by atoms with E-state index in [2.05, 4.69) is 10.1 Å². The fourth-order valence-corrected chi connectivity index (χ4v) is 3.58. The van der Waals surface area contributed by atoms with Gasteiger partial charge in [0.25, 0.3) is 0 Å². The van der Waals surface area contributed by atoms with Gasteiger partial charge in [0.15, 0.2) is 5.69 Å². The van der Waals surface area contributed by atoms with E-state index < -0.39 is 11.9 Å². The molecule has 10 heteroatoms. The lowest BCUT2D eigenvalue weighted by Gasteiger charge is -2.27. The van der Waals surface area contributed by atoms with Crippen LogP contribution in [0.1, 0.15) is 23.6 Å². The van der Waals surface area contributed by atoms with Crippen LogP contribution in [0.15, 0.2) is 36.7 Å². The molecule has 29 heavy (non-hydrogen) atoms. The van der Waals surface area contributed by atoms with Crippen LogP contribution in [0.25, 0.3) is 5.69 Å². The molecule has 1 aromatic carbocycles. The van der Waals surface area contributed by atoms with Crippen molar-refractivity contribution in [3.05, 3.63) is 58.9 Å². The number of benzene rings is 1. The van der Waals surface area contributed by atoms with Crippen molar-refractivity contribution in [1.82, 2.24) is 19.3 Å². The number of aryl methyl sites for hydroxylation is 1. The smallest absolute Gasteiger partial charge is 0.325 e. The molecule has 0 saturated heterocycles. The second-order valence-corrected chi connectivity index (χ2v) is 7.25. The van der Waals surface area contributed by atoms with Gasteiger partial charge in [-0.05, 0) is 44.0 Å². The zero-order chi connectivity index (χ0) is 20.8. The largest absolute Gasteiger partial charge is 0.434 e. The Morgan fingerprint density at radius 2 is 1.97 bits per heavy atom. The molecule has 0 bridgehead atoms. The summed E-state index contributed by atoms with van der Waals surface area (Å²) in [4.78, 5) is 18.0. The number of anilines is 1. The number of carbonyl (C=O) groups is 1. The molecule has 0 fully saturated rings. The second kappa shape index (κ2) is 7.22. The molecule has 0 N–H and O–H groups in total. The predicted molar refractivity (Wildman–Crippen MR) is 101 cm³/mol. The fraction of sp³-hybridized carbons (Fsp3) is 0.316. The fourth-order valence-electron chi connectivity index (χ4n) is 3.45. The number of carbonyl (C=O) groups excluding carboxylic acids is 1. The predicted octanol–water partition coefficient (Wildman–Crippen LogP) is 4.03. The van der Waals surface area contributed by atoms with Gasteiger partial charge in [0.05, 0.1) is 23.3 Å². The molecule has 1 amide bonds. The molecule has 3 aromatic rings. The summed E-state index contributed by atoms with van der Waals surface area (Å²) in [5.74, 6) is -0.171. The summed E-state index contributed by atoms with van der Waals surface area (Å²) < 4.78 is 41.6. The van der Waals surface area contributed by atoms with Crippen LogP contribution in [0.4, 0.5) is 18.9 Å². The van der Waals surface area contributed by atoms with Crippen molar-refractivity contribution in [2.45, 2.75) is 32.5 Å². The Morgan fingerprint density at radius 1 is 1.24 bits per heavy atom. The molecule has 1 aliphatic heterocycles. The van der Waals surface area contributed by atoms with Crippen LogP contribution in [0.3, 0.4) is 0 Å². The third-order valence-corrected chi connectivity index (χ3v) is 5.13. The molecule has 2 aromatic heterocycles. The Kier molecular flexibility index (Phi) is 4.85. The maximum absolute atomic E-state index is 12.9. The van der Waals surface area contributed by atoms with E-state index in [4.69, 9.17) is 11.6 Å². The monoisotopic (exact) mass is 423 g/mol. The van der Waals surface area contributed by atoms with Crippen LogP contribution < -0.4 is 4.90 Å². The number of fused-ring (bicyclic) bond motifs is 1. The maximum atomic E-state index is 12.9. The van der Waals surface area contributed by atoms with E-state index in [9.17, 15) is 18.0 Å². The minimum atomic E-state index is -4.54. The first-order chi connectivity index (χ1) is 13.7. The molecule has 0 saturated carbocycles. The first-order valence-electron chi connectivity index (χ1n) is 8.98. The molecule has 1 aliphatic rings. The van der Waals surface area contributed by atoms with Crippen LogP contribution in [0.5, 0.6) is 0 Å². The topological polar surface area (TPSA) is 56.0 Å². The van der Waals surface area contributed by atoms with Crippen LogP contribution >= 0.6 is 11.6 Å². The molecule has 3 heterocycles. The molecule has 0 unspecified atom stereocenters. The van der Waals surface area contributed by atoms with Crippen LogP contribution in [0, 0.1) is 6.92 Å². The summed E-state index contributed by atoms with van der Waals surface area (Å²) in [5, 5.41) is 5.01. The number of hydrogen-bond donors (Lipinski definition) is 0. The Hall–Kier alpha value is -2.81. The maximum Gasteiger partial charge on any atom is 0.434 e. The third kappa shape index (κ3) is 3.74. The Balaban J connectivity index is 1.59. The molecule has 0 atom stereocenters. The molecule has 0 radical (unpaired) electrons. The number of hydrogen-bond acceptors (Lipinski definition) is 3. The normalized spacial score (nSPS) is 14.2.